The van der Waals surface area contributed by atoms with E-state index in [-0.39, 0.29) is 6.04 Å². The van der Waals surface area contributed by atoms with E-state index >= 15 is 0 Å². The molecular weight excluding hydrogens is 242 g/mol. The number of nitrogens with one attached hydrogen (secondary N) is 1. The molecule has 0 bridgehead atoms. The van der Waals surface area contributed by atoms with Crippen molar-refractivity contribution < 1.29 is 14.2 Å². The summed E-state index contributed by atoms with van der Waals surface area (Å²) >= 11 is 0. The Morgan fingerprint density at radius 2 is 1.74 bits per heavy atom. The third-order valence-electron chi connectivity index (χ3n) is 2.99. The summed E-state index contributed by atoms with van der Waals surface area (Å²) in [5.41, 5.74) is 1.10. The number of methoxy groups -OCH3 is 3. The van der Waals surface area contributed by atoms with Crippen molar-refractivity contribution in [2.24, 2.45) is 0 Å². The average molecular weight is 265 g/mol. The van der Waals surface area contributed by atoms with Crippen molar-refractivity contribution in [3.05, 3.63) is 30.4 Å². The van der Waals surface area contributed by atoms with Gasteiger partial charge in [0, 0.05) is 6.04 Å². The van der Waals surface area contributed by atoms with Crippen LogP contribution in [0, 0.1) is 0 Å². The molecule has 0 spiro atoms. The van der Waals surface area contributed by atoms with Gasteiger partial charge in [0.2, 0.25) is 5.75 Å². The Bertz CT molecular complexity index is 393. The van der Waals surface area contributed by atoms with Gasteiger partial charge in [0.05, 0.1) is 21.3 Å². The van der Waals surface area contributed by atoms with Gasteiger partial charge in [-0.1, -0.05) is 6.08 Å². The molecule has 0 aliphatic heterocycles. The second kappa shape index (κ2) is 7.69. The third kappa shape index (κ3) is 3.89. The molecule has 0 fully saturated rings. The van der Waals surface area contributed by atoms with Gasteiger partial charge in [-0.15, -0.1) is 6.58 Å². The van der Waals surface area contributed by atoms with Gasteiger partial charge in [0.15, 0.2) is 11.5 Å². The molecule has 1 aromatic rings. The van der Waals surface area contributed by atoms with E-state index in [1.54, 1.807) is 21.3 Å². The van der Waals surface area contributed by atoms with E-state index in [1.165, 1.54) is 0 Å². The Kier molecular flexibility index (Phi) is 6.22. The second-order valence-corrected chi connectivity index (χ2v) is 4.21. The molecule has 0 saturated heterocycles. The van der Waals surface area contributed by atoms with Crippen molar-refractivity contribution in [2.75, 3.05) is 27.9 Å². The van der Waals surface area contributed by atoms with Crippen LogP contribution in [0.3, 0.4) is 0 Å². The summed E-state index contributed by atoms with van der Waals surface area (Å²) in [6.45, 7) is 6.70. The lowest BCUT2D eigenvalue weighted by Gasteiger charge is -2.18. The topological polar surface area (TPSA) is 39.7 Å². The molecule has 0 radical (unpaired) electrons. The van der Waals surface area contributed by atoms with Crippen LogP contribution < -0.4 is 19.5 Å². The molecule has 1 N–H and O–H groups in total. The Labute approximate surface area is 115 Å². The van der Waals surface area contributed by atoms with Gasteiger partial charge in [-0.05, 0) is 37.6 Å². The quantitative estimate of drug-likeness (QED) is 0.579. The van der Waals surface area contributed by atoms with Crippen molar-refractivity contribution >= 4 is 0 Å². The minimum absolute atomic E-state index is 0.202. The normalized spacial score (nSPS) is 11.8. The molecule has 106 valence electrons. The first-order chi connectivity index (χ1) is 9.17. The first-order valence-electron chi connectivity index (χ1n) is 6.32. The summed E-state index contributed by atoms with van der Waals surface area (Å²) < 4.78 is 16.0. The van der Waals surface area contributed by atoms with E-state index in [0.717, 1.165) is 18.5 Å². The van der Waals surface area contributed by atoms with Gasteiger partial charge < -0.3 is 19.5 Å². The molecule has 4 nitrogen and oxygen atoms in total. The summed E-state index contributed by atoms with van der Waals surface area (Å²) in [5.74, 6) is 1.97. The molecule has 0 heterocycles. The lowest BCUT2D eigenvalue weighted by atomic mass is 10.1. The van der Waals surface area contributed by atoms with Crippen LogP contribution >= 0.6 is 0 Å². The highest BCUT2D eigenvalue weighted by molar-refractivity contribution is 5.54. The van der Waals surface area contributed by atoms with E-state index in [1.807, 2.05) is 18.2 Å². The third-order valence-corrected chi connectivity index (χ3v) is 2.99. The molecule has 4 heteroatoms. The van der Waals surface area contributed by atoms with Crippen molar-refractivity contribution in [1.82, 2.24) is 5.32 Å². The number of hydrogen-bond acceptors (Lipinski definition) is 4. The fraction of sp³-hybridized carbons (Fsp3) is 0.467. The summed E-state index contributed by atoms with van der Waals surface area (Å²) in [5, 5.41) is 3.42. The summed E-state index contributed by atoms with van der Waals surface area (Å²) in [7, 11) is 4.85. The van der Waals surface area contributed by atoms with Crippen LogP contribution in [0.5, 0.6) is 17.2 Å². The maximum atomic E-state index is 5.35. The van der Waals surface area contributed by atoms with Crippen LogP contribution in [-0.4, -0.2) is 27.9 Å². The van der Waals surface area contributed by atoms with Crippen molar-refractivity contribution in [3.8, 4) is 17.2 Å². The smallest absolute Gasteiger partial charge is 0.203 e. The lowest BCUT2D eigenvalue weighted by Crippen LogP contribution is -2.19. The molecule has 0 amide bonds. The molecule has 1 unspecified atom stereocenters. The SMILES string of the molecule is C=CCCNC(C)c1cc(OC)c(OC)c(OC)c1. The highest BCUT2D eigenvalue weighted by Gasteiger charge is 2.15. The van der Waals surface area contributed by atoms with Gasteiger partial charge >= 0.3 is 0 Å². The monoisotopic (exact) mass is 265 g/mol. The Morgan fingerprint density at radius 3 is 2.16 bits per heavy atom. The summed E-state index contributed by atoms with van der Waals surface area (Å²) in [6.07, 6.45) is 2.84. The van der Waals surface area contributed by atoms with Crippen LogP contribution in [0.4, 0.5) is 0 Å². The molecule has 19 heavy (non-hydrogen) atoms. The molecule has 1 rings (SSSR count). The molecule has 0 aliphatic rings. The van der Waals surface area contributed by atoms with E-state index in [9.17, 15) is 0 Å². The average Bonchev–Trinajstić information content (AvgIpc) is 2.45. The number of ether oxygens (including phenoxy) is 3. The van der Waals surface area contributed by atoms with Crippen LogP contribution in [0.2, 0.25) is 0 Å². The second-order valence-electron chi connectivity index (χ2n) is 4.21. The molecule has 0 aromatic heterocycles. The predicted molar refractivity (Wildman–Crippen MR) is 77.3 cm³/mol. The van der Waals surface area contributed by atoms with Gasteiger partial charge in [0.1, 0.15) is 0 Å². The van der Waals surface area contributed by atoms with E-state index in [0.29, 0.717) is 17.2 Å². The van der Waals surface area contributed by atoms with Crippen molar-refractivity contribution in [2.45, 2.75) is 19.4 Å². The highest BCUT2D eigenvalue weighted by atomic mass is 16.5. The van der Waals surface area contributed by atoms with Gasteiger partial charge in [-0.2, -0.15) is 0 Å². The maximum absolute atomic E-state index is 5.35. The predicted octanol–water partition coefficient (Wildman–Crippen LogP) is 2.94. The van der Waals surface area contributed by atoms with Crippen LogP contribution in [0.25, 0.3) is 0 Å². The van der Waals surface area contributed by atoms with Crippen molar-refractivity contribution in [1.29, 1.82) is 0 Å². The summed E-state index contributed by atoms with van der Waals surface area (Å²) in [6, 6.07) is 4.13. The van der Waals surface area contributed by atoms with E-state index in [4.69, 9.17) is 14.2 Å². The Balaban J connectivity index is 2.98. The van der Waals surface area contributed by atoms with Gasteiger partial charge in [-0.25, -0.2) is 0 Å². The Hall–Kier alpha value is -1.68. The van der Waals surface area contributed by atoms with Gasteiger partial charge in [0.25, 0.3) is 0 Å². The number of benzene rings is 1. The number of hydrogen-bond donors (Lipinski definition) is 1. The van der Waals surface area contributed by atoms with E-state index in [2.05, 4.69) is 18.8 Å². The summed E-state index contributed by atoms with van der Waals surface area (Å²) in [4.78, 5) is 0. The first kappa shape index (κ1) is 15.4. The number of rotatable bonds is 8. The Morgan fingerprint density at radius 1 is 1.16 bits per heavy atom. The van der Waals surface area contributed by atoms with Crippen LogP contribution in [0.1, 0.15) is 24.9 Å². The molecule has 0 aliphatic carbocycles. The fourth-order valence-electron chi connectivity index (χ4n) is 1.87. The fourth-order valence-corrected chi connectivity index (χ4v) is 1.87. The molecule has 0 saturated carbocycles. The zero-order valence-electron chi connectivity index (χ0n) is 12.2. The minimum atomic E-state index is 0.202. The van der Waals surface area contributed by atoms with Crippen molar-refractivity contribution in [3.63, 3.8) is 0 Å². The minimum Gasteiger partial charge on any atom is -0.493 e. The molecule has 1 atom stereocenters. The zero-order chi connectivity index (χ0) is 14.3. The molecular formula is C15H23NO3. The van der Waals surface area contributed by atoms with Gasteiger partial charge in [-0.3, -0.25) is 0 Å². The highest BCUT2D eigenvalue weighted by Crippen LogP contribution is 2.39. The molecule has 1 aromatic carbocycles. The van der Waals surface area contributed by atoms with Crippen LogP contribution in [-0.2, 0) is 0 Å². The van der Waals surface area contributed by atoms with E-state index < -0.39 is 0 Å². The van der Waals surface area contributed by atoms with Crippen LogP contribution in [0.15, 0.2) is 24.8 Å². The largest absolute Gasteiger partial charge is 0.493 e. The maximum Gasteiger partial charge on any atom is 0.203 e. The zero-order valence-corrected chi connectivity index (χ0v) is 12.2. The standard InChI is InChI=1S/C15H23NO3/c1-6-7-8-16-11(2)12-9-13(17-3)15(19-5)14(10-12)18-4/h6,9-11,16H,1,7-8H2,2-5H3. The lowest BCUT2D eigenvalue weighted by molar-refractivity contribution is 0.323. The first-order valence-corrected chi connectivity index (χ1v) is 6.32.